The Bertz CT molecular complexity index is 351. The van der Waals surface area contributed by atoms with Crippen LogP contribution in [0.1, 0.15) is 32.6 Å². The SMILES string of the molecule is CCOC(=O)CN(CC)Cc1nnc(CC)o1. The van der Waals surface area contributed by atoms with Crippen molar-refractivity contribution in [1.82, 2.24) is 15.1 Å². The number of nitrogens with zero attached hydrogens (tertiary/aromatic N) is 3. The normalized spacial score (nSPS) is 10.8. The van der Waals surface area contributed by atoms with Gasteiger partial charge in [-0.2, -0.15) is 0 Å². The number of rotatable bonds is 7. The van der Waals surface area contributed by atoms with Crippen LogP contribution in [0.25, 0.3) is 0 Å². The van der Waals surface area contributed by atoms with E-state index in [0.29, 0.717) is 24.9 Å². The minimum absolute atomic E-state index is 0.232. The van der Waals surface area contributed by atoms with Crippen molar-refractivity contribution in [2.45, 2.75) is 33.7 Å². The van der Waals surface area contributed by atoms with Gasteiger partial charge in [0.25, 0.3) is 0 Å². The molecule has 0 atom stereocenters. The number of ether oxygens (including phenoxy) is 1. The fourth-order valence-electron chi connectivity index (χ4n) is 1.36. The molecule has 0 aliphatic heterocycles. The van der Waals surface area contributed by atoms with E-state index >= 15 is 0 Å². The van der Waals surface area contributed by atoms with Crippen LogP contribution in [0.4, 0.5) is 0 Å². The summed E-state index contributed by atoms with van der Waals surface area (Å²) in [6.45, 7) is 7.56. The summed E-state index contributed by atoms with van der Waals surface area (Å²) in [6, 6.07) is 0. The fourth-order valence-corrected chi connectivity index (χ4v) is 1.36. The monoisotopic (exact) mass is 241 g/mol. The van der Waals surface area contributed by atoms with Crippen molar-refractivity contribution in [2.75, 3.05) is 19.7 Å². The van der Waals surface area contributed by atoms with Crippen molar-refractivity contribution in [2.24, 2.45) is 0 Å². The van der Waals surface area contributed by atoms with Crippen LogP contribution in [-0.4, -0.2) is 40.8 Å². The molecule has 0 aromatic carbocycles. The highest BCUT2D eigenvalue weighted by Gasteiger charge is 2.13. The number of hydrogen-bond donors (Lipinski definition) is 0. The number of hydrogen-bond acceptors (Lipinski definition) is 6. The van der Waals surface area contributed by atoms with Crippen LogP contribution in [0.5, 0.6) is 0 Å². The summed E-state index contributed by atoms with van der Waals surface area (Å²) in [5, 5.41) is 7.80. The third-order valence-corrected chi connectivity index (χ3v) is 2.28. The predicted molar refractivity (Wildman–Crippen MR) is 61.3 cm³/mol. The maximum absolute atomic E-state index is 11.3. The third kappa shape index (κ3) is 4.52. The molecule has 1 heterocycles. The quantitative estimate of drug-likeness (QED) is 0.664. The highest BCUT2D eigenvalue weighted by atomic mass is 16.5. The van der Waals surface area contributed by atoms with E-state index in [-0.39, 0.29) is 12.5 Å². The van der Waals surface area contributed by atoms with Gasteiger partial charge in [-0.05, 0) is 13.5 Å². The van der Waals surface area contributed by atoms with Gasteiger partial charge in [0.2, 0.25) is 11.8 Å². The molecule has 1 rings (SSSR count). The smallest absolute Gasteiger partial charge is 0.320 e. The average Bonchev–Trinajstić information content (AvgIpc) is 2.76. The maximum atomic E-state index is 11.3. The van der Waals surface area contributed by atoms with Gasteiger partial charge in [-0.3, -0.25) is 9.69 Å². The molecule has 0 aliphatic carbocycles. The van der Waals surface area contributed by atoms with Gasteiger partial charge >= 0.3 is 5.97 Å². The standard InChI is InChI=1S/C11H19N3O3/c1-4-9-12-13-10(17-9)7-14(5-2)8-11(15)16-6-3/h4-8H2,1-3H3. The van der Waals surface area contributed by atoms with Crippen molar-refractivity contribution in [3.05, 3.63) is 11.8 Å². The molecule has 0 radical (unpaired) electrons. The summed E-state index contributed by atoms with van der Waals surface area (Å²) in [5.41, 5.74) is 0. The lowest BCUT2D eigenvalue weighted by Crippen LogP contribution is -2.30. The van der Waals surface area contributed by atoms with E-state index in [9.17, 15) is 4.79 Å². The molecule has 0 saturated heterocycles. The first kappa shape index (κ1) is 13.6. The first-order valence-corrected chi connectivity index (χ1v) is 5.88. The predicted octanol–water partition coefficient (Wildman–Crippen LogP) is 1.02. The molecule has 6 heteroatoms. The highest BCUT2D eigenvalue weighted by molar-refractivity contribution is 5.71. The van der Waals surface area contributed by atoms with Gasteiger partial charge in [-0.25, -0.2) is 0 Å². The first-order chi connectivity index (χ1) is 8.19. The van der Waals surface area contributed by atoms with Gasteiger partial charge in [0.05, 0.1) is 19.7 Å². The van der Waals surface area contributed by atoms with E-state index < -0.39 is 0 Å². The van der Waals surface area contributed by atoms with Crippen LogP contribution in [0.2, 0.25) is 0 Å². The number of aromatic nitrogens is 2. The van der Waals surface area contributed by atoms with Crippen LogP contribution in [0.3, 0.4) is 0 Å². The summed E-state index contributed by atoms with van der Waals surface area (Å²) >= 11 is 0. The molecule has 0 bridgehead atoms. The Labute approximate surface area is 101 Å². The lowest BCUT2D eigenvalue weighted by atomic mass is 10.4. The lowest BCUT2D eigenvalue weighted by Gasteiger charge is -2.16. The Hall–Kier alpha value is -1.43. The molecule has 17 heavy (non-hydrogen) atoms. The number of carbonyl (C=O) groups excluding carboxylic acids is 1. The molecular weight excluding hydrogens is 222 g/mol. The number of likely N-dealkylation sites (N-methyl/N-ethyl adjacent to an activating group) is 1. The third-order valence-electron chi connectivity index (χ3n) is 2.28. The van der Waals surface area contributed by atoms with E-state index in [1.54, 1.807) is 6.92 Å². The van der Waals surface area contributed by atoms with Gasteiger partial charge in [0.15, 0.2) is 0 Å². The number of aryl methyl sites for hydroxylation is 1. The Morgan fingerprint density at radius 2 is 2.00 bits per heavy atom. The highest BCUT2D eigenvalue weighted by Crippen LogP contribution is 2.04. The molecule has 0 saturated carbocycles. The zero-order chi connectivity index (χ0) is 12.7. The topological polar surface area (TPSA) is 68.5 Å². The Morgan fingerprint density at radius 1 is 1.29 bits per heavy atom. The second-order valence-corrected chi connectivity index (χ2v) is 3.55. The second-order valence-electron chi connectivity index (χ2n) is 3.55. The molecule has 0 N–H and O–H groups in total. The largest absolute Gasteiger partial charge is 0.465 e. The Morgan fingerprint density at radius 3 is 2.53 bits per heavy atom. The molecule has 0 amide bonds. The van der Waals surface area contributed by atoms with Crippen LogP contribution < -0.4 is 0 Å². The fraction of sp³-hybridized carbons (Fsp3) is 0.727. The Balaban J connectivity index is 2.48. The van der Waals surface area contributed by atoms with E-state index in [2.05, 4.69) is 10.2 Å². The molecule has 0 spiro atoms. The van der Waals surface area contributed by atoms with Gasteiger partial charge in [0.1, 0.15) is 0 Å². The second kappa shape index (κ2) is 7.01. The van der Waals surface area contributed by atoms with Crippen LogP contribution in [0.15, 0.2) is 4.42 Å². The lowest BCUT2D eigenvalue weighted by molar-refractivity contribution is -0.144. The van der Waals surface area contributed by atoms with E-state index in [4.69, 9.17) is 9.15 Å². The summed E-state index contributed by atoms with van der Waals surface area (Å²) < 4.78 is 10.3. The molecule has 6 nitrogen and oxygen atoms in total. The number of carbonyl (C=O) groups is 1. The van der Waals surface area contributed by atoms with E-state index in [1.165, 1.54) is 0 Å². The molecule has 1 aromatic rings. The van der Waals surface area contributed by atoms with Crippen molar-refractivity contribution in [1.29, 1.82) is 0 Å². The van der Waals surface area contributed by atoms with Crippen LogP contribution in [-0.2, 0) is 22.5 Å². The molecule has 1 aromatic heterocycles. The minimum Gasteiger partial charge on any atom is -0.465 e. The van der Waals surface area contributed by atoms with Crippen LogP contribution >= 0.6 is 0 Å². The Kier molecular flexibility index (Phi) is 5.62. The van der Waals surface area contributed by atoms with Gasteiger partial charge < -0.3 is 9.15 Å². The molecule has 0 unspecified atom stereocenters. The van der Waals surface area contributed by atoms with E-state index in [0.717, 1.165) is 13.0 Å². The van der Waals surface area contributed by atoms with Crippen molar-refractivity contribution in [3.63, 3.8) is 0 Å². The van der Waals surface area contributed by atoms with Gasteiger partial charge in [-0.15, -0.1) is 10.2 Å². The van der Waals surface area contributed by atoms with Crippen LogP contribution in [0, 0.1) is 0 Å². The zero-order valence-corrected chi connectivity index (χ0v) is 10.6. The molecule has 0 fully saturated rings. The minimum atomic E-state index is -0.232. The summed E-state index contributed by atoms with van der Waals surface area (Å²) in [4.78, 5) is 13.2. The molecule has 0 aliphatic rings. The van der Waals surface area contributed by atoms with Crippen molar-refractivity contribution < 1.29 is 13.9 Å². The van der Waals surface area contributed by atoms with Crippen molar-refractivity contribution in [3.8, 4) is 0 Å². The summed E-state index contributed by atoms with van der Waals surface area (Å²) in [5.74, 6) is 0.921. The van der Waals surface area contributed by atoms with Gasteiger partial charge in [0, 0.05) is 6.42 Å². The number of esters is 1. The van der Waals surface area contributed by atoms with Crippen molar-refractivity contribution >= 4 is 5.97 Å². The molecule has 96 valence electrons. The maximum Gasteiger partial charge on any atom is 0.320 e. The zero-order valence-electron chi connectivity index (χ0n) is 10.6. The van der Waals surface area contributed by atoms with E-state index in [1.807, 2.05) is 18.7 Å². The summed E-state index contributed by atoms with van der Waals surface area (Å²) in [6.07, 6.45) is 0.719. The molecular formula is C11H19N3O3. The summed E-state index contributed by atoms with van der Waals surface area (Å²) in [7, 11) is 0. The first-order valence-electron chi connectivity index (χ1n) is 5.88. The average molecular weight is 241 g/mol. The van der Waals surface area contributed by atoms with Gasteiger partial charge in [-0.1, -0.05) is 13.8 Å².